The molecule has 1 aliphatic heterocycles. The molecule has 7 N–H and O–H groups in total. The van der Waals surface area contributed by atoms with E-state index in [9.17, 15) is 24.4 Å². The van der Waals surface area contributed by atoms with Crippen molar-refractivity contribution in [3.63, 3.8) is 0 Å². The first-order valence-electron chi connectivity index (χ1n) is 11.0. The molecule has 184 valence electrons. The van der Waals surface area contributed by atoms with Gasteiger partial charge >= 0.3 is 7.82 Å². The molecule has 0 bridgehead atoms. The van der Waals surface area contributed by atoms with E-state index >= 15 is 0 Å². The van der Waals surface area contributed by atoms with Gasteiger partial charge in [-0.3, -0.25) is 14.1 Å². The van der Waals surface area contributed by atoms with Crippen LogP contribution in [0.3, 0.4) is 0 Å². The molecule has 0 radical (unpaired) electrons. The van der Waals surface area contributed by atoms with Crippen LogP contribution in [-0.2, 0) is 23.4 Å². The Bertz CT molecular complexity index is 713. The average Bonchev–Trinajstić information content (AvgIpc) is 2.99. The molecule has 0 aromatic rings. The number of ether oxygens (including phenoxy) is 1. The van der Waals surface area contributed by atoms with Gasteiger partial charge < -0.3 is 35.8 Å². The third-order valence-corrected chi connectivity index (χ3v) is 6.62. The number of phosphoric ester groups is 1. The zero-order valence-corrected chi connectivity index (χ0v) is 19.0. The van der Waals surface area contributed by atoms with E-state index in [1.54, 1.807) is 0 Å². The first-order chi connectivity index (χ1) is 15.1. The van der Waals surface area contributed by atoms with Gasteiger partial charge in [0.25, 0.3) is 0 Å². The molecule has 2 rings (SSSR count). The predicted octanol–water partition coefficient (Wildman–Crippen LogP) is 0.396. The number of nitrogens with one attached hydrogen (secondary N) is 1. The van der Waals surface area contributed by atoms with Crippen molar-refractivity contribution >= 4 is 19.5 Å². The second kappa shape index (κ2) is 12.2. The fourth-order valence-corrected chi connectivity index (χ4v) is 4.55. The molecule has 1 amide bonds. The van der Waals surface area contributed by atoms with Gasteiger partial charge in [0.15, 0.2) is 5.78 Å². The van der Waals surface area contributed by atoms with E-state index in [-0.39, 0.29) is 11.7 Å². The van der Waals surface area contributed by atoms with Crippen molar-refractivity contribution in [2.45, 2.75) is 94.2 Å². The Kier molecular flexibility index (Phi) is 10.3. The number of aliphatic hydroxyl groups excluding tert-OH is 2. The highest BCUT2D eigenvalue weighted by Gasteiger charge is 2.46. The van der Waals surface area contributed by atoms with Gasteiger partial charge in [0.05, 0.1) is 18.2 Å². The van der Waals surface area contributed by atoms with E-state index in [0.717, 1.165) is 44.7 Å². The van der Waals surface area contributed by atoms with Crippen molar-refractivity contribution in [3.05, 3.63) is 12.3 Å². The number of amides is 1. The summed E-state index contributed by atoms with van der Waals surface area (Å²) in [6.07, 6.45) is 6.03. The minimum atomic E-state index is -4.67. The maximum absolute atomic E-state index is 12.0. The summed E-state index contributed by atoms with van der Waals surface area (Å²) in [5.74, 6) is -0.282. The van der Waals surface area contributed by atoms with Crippen LogP contribution in [0.25, 0.3) is 0 Å². The maximum atomic E-state index is 12.0. The van der Waals surface area contributed by atoms with Gasteiger partial charge in [-0.2, -0.15) is 0 Å². The van der Waals surface area contributed by atoms with Crippen LogP contribution in [0.15, 0.2) is 12.3 Å². The monoisotopic (exact) mass is 478 g/mol. The first-order valence-corrected chi connectivity index (χ1v) is 12.6. The van der Waals surface area contributed by atoms with Crippen molar-refractivity contribution in [1.29, 1.82) is 0 Å². The van der Waals surface area contributed by atoms with Crippen molar-refractivity contribution in [1.82, 2.24) is 5.32 Å². The summed E-state index contributed by atoms with van der Waals surface area (Å²) >= 11 is 0. The molecule has 0 spiro atoms. The van der Waals surface area contributed by atoms with Gasteiger partial charge in [-0.1, -0.05) is 38.5 Å². The number of ketones is 1. The van der Waals surface area contributed by atoms with Gasteiger partial charge in [-0.05, 0) is 25.5 Å². The molecule has 1 aliphatic carbocycles. The number of unbranched alkanes of at least 4 members (excludes halogenated alkanes) is 5. The molecule has 1 heterocycles. The number of hydrogen-bond donors (Lipinski definition) is 6. The Morgan fingerprint density at radius 3 is 2.34 bits per heavy atom. The van der Waals surface area contributed by atoms with Gasteiger partial charge in [0.2, 0.25) is 5.91 Å². The van der Waals surface area contributed by atoms with Gasteiger partial charge in [-0.25, -0.2) is 4.57 Å². The quantitative estimate of drug-likeness (QED) is 0.116. The molecule has 5 unspecified atom stereocenters. The molecular weight excluding hydrogens is 443 g/mol. The molecule has 12 heteroatoms. The highest BCUT2D eigenvalue weighted by Crippen LogP contribution is 2.37. The van der Waals surface area contributed by atoms with E-state index in [4.69, 9.17) is 20.3 Å². The largest absolute Gasteiger partial charge is 0.469 e. The lowest BCUT2D eigenvalue weighted by atomic mass is 9.72. The van der Waals surface area contributed by atoms with Crippen LogP contribution in [0, 0.1) is 0 Å². The Balaban J connectivity index is 1.58. The normalized spacial score (nSPS) is 30.6. The molecular formula is C20H35N2O9P. The number of phosphoric acid groups is 1. The zero-order chi connectivity index (χ0) is 23.8. The first kappa shape index (κ1) is 26.9. The summed E-state index contributed by atoms with van der Waals surface area (Å²) in [4.78, 5) is 41.2. The van der Waals surface area contributed by atoms with Crippen molar-refractivity contribution < 1.29 is 43.4 Å². The highest BCUT2D eigenvalue weighted by molar-refractivity contribution is 7.46. The Morgan fingerprint density at radius 2 is 1.78 bits per heavy atom. The number of aliphatic hydroxyl groups is 2. The van der Waals surface area contributed by atoms with Gasteiger partial charge in [0, 0.05) is 12.5 Å². The fourth-order valence-electron chi connectivity index (χ4n) is 4.20. The van der Waals surface area contributed by atoms with E-state index in [0.29, 0.717) is 25.7 Å². The SMILES string of the molecule is N/C=C\C(=O)NC1(CCCCCCCCC2OC(COP(=O)(O)O)C(O)C2O)CCC1=O. The number of hydrogen-bond acceptors (Lipinski definition) is 8. The van der Waals surface area contributed by atoms with Crippen LogP contribution in [0.5, 0.6) is 0 Å². The van der Waals surface area contributed by atoms with Crippen LogP contribution >= 0.6 is 7.82 Å². The topological polar surface area (TPSA) is 189 Å². The molecule has 2 fully saturated rings. The third-order valence-electron chi connectivity index (χ3n) is 6.13. The number of Topliss-reactive ketones (excluding diaryl/α,β-unsaturated/α-hetero) is 1. The second-order valence-corrected chi connectivity index (χ2v) is 9.73. The van der Waals surface area contributed by atoms with Crippen LogP contribution in [-0.4, -0.2) is 68.3 Å². The minimum Gasteiger partial charge on any atom is -0.404 e. The Labute approximate surface area is 187 Å². The summed E-state index contributed by atoms with van der Waals surface area (Å²) in [6, 6.07) is 0. The van der Waals surface area contributed by atoms with E-state index in [1.165, 1.54) is 6.08 Å². The van der Waals surface area contributed by atoms with Crippen LogP contribution in [0.2, 0.25) is 0 Å². The molecule has 32 heavy (non-hydrogen) atoms. The molecule has 11 nitrogen and oxygen atoms in total. The van der Waals surface area contributed by atoms with E-state index in [2.05, 4.69) is 9.84 Å². The van der Waals surface area contributed by atoms with Crippen molar-refractivity contribution in [2.24, 2.45) is 5.73 Å². The van der Waals surface area contributed by atoms with Crippen molar-refractivity contribution in [2.75, 3.05) is 6.61 Å². The van der Waals surface area contributed by atoms with Crippen LogP contribution in [0.1, 0.15) is 64.2 Å². The third kappa shape index (κ3) is 7.91. The predicted molar refractivity (Wildman–Crippen MR) is 114 cm³/mol. The van der Waals surface area contributed by atoms with Gasteiger partial charge in [0.1, 0.15) is 18.3 Å². The highest BCUT2D eigenvalue weighted by atomic mass is 31.2. The number of carbonyl (C=O) groups is 2. The lowest BCUT2D eigenvalue weighted by Gasteiger charge is -2.40. The Hall–Kier alpha value is -1.33. The lowest BCUT2D eigenvalue weighted by Crippen LogP contribution is -2.60. The summed E-state index contributed by atoms with van der Waals surface area (Å²) < 4.78 is 20.6. The Morgan fingerprint density at radius 1 is 1.16 bits per heavy atom. The summed E-state index contributed by atoms with van der Waals surface area (Å²) in [5, 5.41) is 22.8. The summed E-state index contributed by atoms with van der Waals surface area (Å²) in [6.45, 7) is -0.494. The molecule has 1 saturated carbocycles. The molecule has 0 aromatic heterocycles. The van der Waals surface area contributed by atoms with Crippen molar-refractivity contribution in [3.8, 4) is 0 Å². The standard InChI is InChI=1S/C20H35N2O9P/c21-12-9-17(24)22-20(11-8-16(20)23)10-6-4-2-1-3-5-7-14-18(25)19(26)15(31-14)13-30-32(27,28)29/h9,12,14-15,18-19,25-26H,1-8,10-11,13,21H2,(H,22,24)(H2,27,28,29)/b12-9-. The molecule has 5 atom stereocenters. The van der Waals surface area contributed by atoms with Crippen LogP contribution in [0.4, 0.5) is 0 Å². The molecule has 2 aliphatic rings. The fraction of sp³-hybridized carbons (Fsp3) is 0.800. The number of rotatable bonds is 14. The smallest absolute Gasteiger partial charge is 0.404 e. The molecule has 0 aromatic carbocycles. The molecule has 1 saturated heterocycles. The average molecular weight is 478 g/mol. The maximum Gasteiger partial charge on any atom is 0.469 e. The summed E-state index contributed by atoms with van der Waals surface area (Å²) in [5.41, 5.74) is 4.47. The zero-order valence-electron chi connectivity index (χ0n) is 18.1. The van der Waals surface area contributed by atoms with Gasteiger partial charge in [-0.15, -0.1) is 0 Å². The lowest BCUT2D eigenvalue weighted by molar-refractivity contribution is -0.137. The second-order valence-electron chi connectivity index (χ2n) is 8.49. The van der Waals surface area contributed by atoms with E-state index < -0.39 is 44.4 Å². The minimum absolute atomic E-state index is 0.0677. The number of nitrogens with two attached hydrogens (primary N) is 1. The van der Waals surface area contributed by atoms with Crippen LogP contribution < -0.4 is 11.1 Å². The number of carbonyl (C=O) groups excluding carboxylic acids is 2. The summed E-state index contributed by atoms with van der Waals surface area (Å²) in [7, 11) is -4.67. The van der Waals surface area contributed by atoms with E-state index in [1.807, 2.05) is 0 Å².